The molecule has 0 aliphatic carbocycles. The fraction of sp³-hybridized carbons (Fsp3) is 0.632. The first-order valence-electron chi connectivity index (χ1n) is 9.80. The standard InChI is InChI=1S/C19H27N5O4/c25-15-3-6-19(22-15,8-5-17(27)28)7-4-16(26)23-11-2-12-24(14-13-23)18-20-9-1-10-21-18/h1,9-10H,2-8,11-14H2,(H,22,25)(H,27,28)/t19-/m1/s1. The Kier molecular flexibility index (Phi) is 6.43. The van der Waals surface area contributed by atoms with Crippen molar-refractivity contribution in [3.8, 4) is 0 Å². The highest BCUT2D eigenvalue weighted by Crippen LogP contribution is 2.30. The van der Waals surface area contributed by atoms with Gasteiger partial charge >= 0.3 is 5.97 Å². The molecule has 2 N–H and O–H groups in total. The highest BCUT2D eigenvalue weighted by molar-refractivity contribution is 5.80. The Balaban J connectivity index is 1.53. The first-order chi connectivity index (χ1) is 13.5. The Morgan fingerprint density at radius 3 is 2.54 bits per heavy atom. The van der Waals surface area contributed by atoms with E-state index < -0.39 is 11.5 Å². The van der Waals surface area contributed by atoms with Gasteiger partial charge in [-0.25, -0.2) is 9.97 Å². The maximum Gasteiger partial charge on any atom is 0.303 e. The maximum atomic E-state index is 12.8. The average molecular weight is 389 g/mol. The van der Waals surface area contributed by atoms with Crippen LogP contribution in [0.2, 0.25) is 0 Å². The molecule has 9 heteroatoms. The SMILES string of the molecule is O=C(O)CC[C@]1(CCC(=O)N2CCCN(c3ncccn3)CC2)CCC(=O)N1. The number of hydrogen-bond donors (Lipinski definition) is 2. The molecule has 2 amide bonds. The summed E-state index contributed by atoms with van der Waals surface area (Å²) in [5.74, 6) is -0.224. The van der Waals surface area contributed by atoms with Gasteiger partial charge in [0.15, 0.2) is 0 Å². The number of carboxylic acids is 1. The summed E-state index contributed by atoms with van der Waals surface area (Å²) in [5, 5.41) is 11.9. The number of hydrogen-bond acceptors (Lipinski definition) is 6. The zero-order valence-electron chi connectivity index (χ0n) is 16.0. The van der Waals surface area contributed by atoms with E-state index in [9.17, 15) is 14.4 Å². The third-order valence-corrected chi connectivity index (χ3v) is 5.55. The van der Waals surface area contributed by atoms with Crippen molar-refractivity contribution < 1.29 is 19.5 Å². The molecule has 0 saturated carbocycles. The number of carbonyl (C=O) groups is 3. The van der Waals surface area contributed by atoms with Crippen LogP contribution >= 0.6 is 0 Å². The molecule has 28 heavy (non-hydrogen) atoms. The molecule has 1 aromatic rings. The highest BCUT2D eigenvalue weighted by atomic mass is 16.4. The third-order valence-electron chi connectivity index (χ3n) is 5.55. The van der Waals surface area contributed by atoms with Gasteiger partial charge < -0.3 is 20.2 Å². The highest BCUT2D eigenvalue weighted by Gasteiger charge is 2.38. The summed E-state index contributed by atoms with van der Waals surface area (Å²) in [6, 6.07) is 1.78. The normalized spacial score (nSPS) is 22.6. The first kappa shape index (κ1) is 20.0. The molecule has 1 atom stereocenters. The summed E-state index contributed by atoms with van der Waals surface area (Å²) < 4.78 is 0. The van der Waals surface area contributed by atoms with Crippen molar-refractivity contribution in [3.63, 3.8) is 0 Å². The number of carbonyl (C=O) groups excluding carboxylic acids is 2. The Bertz CT molecular complexity index is 714. The largest absolute Gasteiger partial charge is 0.481 e. The molecule has 0 bridgehead atoms. The van der Waals surface area contributed by atoms with Gasteiger partial charge in [-0.15, -0.1) is 0 Å². The quantitative estimate of drug-likeness (QED) is 0.709. The zero-order chi connectivity index (χ0) is 20.0. The van der Waals surface area contributed by atoms with Crippen LogP contribution in [0.4, 0.5) is 5.95 Å². The van der Waals surface area contributed by atoms with Crippen molar-refractivity contribution in [3.05, 3.63) is 18.5 Å². The second-order valence-electron chi connectivity index (χ2n) is 7.49. The van der Waals surface area contributed by atoms with Gasteiger partial charge in [-0.2, -0.15) is 0 Å². The van der Waals surface area contributed by atoms with Crippen molar-refractivity contribution in [1.29, 1.82) is 0 Å². The molecule has 2 aliphatic rings. The van der Waals surface area contributed by atoms with Crippen molar-refractivity contribution >= 4 is 23.7 Å². The number of nitrogens with zero attached hydrogens (tertiary/aromatic N) is 4. The summed E-state index contributed by atoms with van der Waals surface area (Å²) in [6.07, 6.45) is 6.38. The van der Waals surface area contributed by atoms with Crippen LogP contribution in [0.1, 0.15) is 44.9 Å². The molecule has 0 spiro atoms. The Morgan fingerprint density at radius 1 is 1.11 bits per heavy atom. The lowest BCUT2D eigenvalue weighted by molar-refractivity contribution is -0.137. The van der Waals surface area contributed by atoms with Gasteiger partial charge in [0.1, 0.15) is 0 Å². The monoisotopic (exact) mass is 389 g/mol. The Morgan fingerprint density at radius 2 is 1.86 bits per heavy atom. The summed E-state index contributed by atoms with van der Waals surface area (Å²) in [7, 11) is 0. The molecular weight excluding hydrogens is 362 g/mol. The van der Waals surface area contributed by atoms with E-state index in [0.717, 1.165) is 13.0 Å². The summed E-state index contributed by atoms with van der Waals surface area (Å²) in [6.45, 7) is 2.76. The van der Waals surface area contributed by atoms with Crippen LogP contribution < -0.4 is 10.2 Å². The fourth-order valence-corrected chi connectivity index (χ4v) is 3.95. The van der Waals surface area contributed by atoms with Crippen LogP contribution in [-0.4, -0.2) is 69.5 Å². The number of carboxylic acid groups (broad SMARTS) is 1. The smallest absolute Gasteiger partial charge is 0.303 e. The zero-order valence-corrected chi connectivity index (χ0v) is 16.0. The number of anilines is 1. The minimum Gasteiger partial charge on any atom is -0.481 e. The van der Waals surface area contributed by atoms with E-state index in [2.05, 4.69) is 20.2 Å². The molecule has 1 aromatic heterocycles. The first-order valence-corrected chi connectivity index (χ1v) is 9.80. The van der Waals surface area contributed by atoms with Crippen LogP contribution in [0.3, 0.4) is 0 Å². The van der Waals surface area contributed by atoms with E-state index in [4.69, 9.17) is 5.11 Å². The van der Waals surface area contributed by atoms with Crippen LogP contribution in [0.15, 0.2) is 18.5 Å². The molecule has 0 radical (unpaired) electrons. The maximum absolute atomic E-state index is 12.8. The minimum absolute atomic E-state index is 0.00970. The Labute approximate surface area is 164 Å². The topological polar surface area (TPSA) is 116 Å². The van der Waals surface area contributed by atoms with Gasteiger partial charge in [0.25, 0.3) is 0 Å². The summed E-state index contributed by atoms with van der Waals surface area (Å²) in [4.78, 5) is 47.9. The van der Waals surface area contributed by atoms with Gasteiger partial charge in [0.2, 0.25) is 17.8 Å². The van der Waals surface area contributed by atoms with E-state index in [-0.39, 0.29) is 18.2 Å². The van der Waals surface area contributed by atoms with Crippen molar-refractivity contribution in [2.45, 2.75) is 50.5 Å². The van der Waals surface area contributed by atoms with Gasteiger partial charge in [0, 0.05) is 63.4 Å². The minimum atomic E-state index is -0.886. The van der Waals surface area contributed by atoms with Crippen molar-refractivity contribution in [2.24, 2.45) is 0 Å². The van der Waals surface area contributed by atoms with Crippen molar-refractivity contribution in [1.82, 2.24) is 20.2 Å². The molecule has 2 aliphatic heterocycles. The molecule has 0 unspecified atom stereocenters. The van der Waals surface area contributed by atoms with E-state index >= 15 is 0 Å². The van der Waals surface area contributed by atoms with Crippen LogP contribution in [-0.2, 0) is 14.4 Å². The van der Waals surface area contributed by atoms with Crippen molar-refractivity contribution in [2.75, 3.05) is 31.1 Å². The van der Waals surface area contributed by atoms with Crippen LogP contribution in [0.25, 0.3) is 0 Å². The van der Waals surface area contributed by atoms with E-state index in [1.807, 2.05) is 4.90 Å². The number of amides is 2. The van der Waals surface area contributed by atoms with Gasteiger partial charge in [0.05, 0.1) is 0 Å². The number of rotatable bonds is 7. The third kappa shape index (κ3) is 5.17. The van der Waals surface area contributed by atoms with Gasteiger partial charge in [-0.1, -0.05) is 0 Å². The molecule has 152 valence electrons. The predicted molar refractivity (Wildman–Crippen MR) is 102 cm³/mol. The molecule has 2 saturated heterocycles. The molecule has 9 nitrogen and oxygen atoms in total. The lowest BCUT2D eigenvalue weighted by Gasteiger charge is -2.30. The number of aromatic nitrogens is 2. The van der Waals surface area contributed by atoms with Gasteiger partial charge in [-0.05, 0) is 31.7 Å². The fourth-order valence-electron chi connectivity index (χ4n) is 3.95. The molecule has 0 aromatic carbocycles. The van der Waals surface area contributed by atoms with E-state index in [0.29, 0.717) is 57.7 Å². The van der Waals surface area contributed by atoms with E-state index in [1.54, 1.807) is 18.5 Å². The lowest BCUT2D eigenvalue weighted by Crippen LogP contribution is -2.43. The van der Waals surface area contributed by atoms with Gasteiger partial charge in [-0.3, -0.25) is 14.4 Å². The summed E-state index contributed by atoms with van der Waals surface area (Å²) >= 11 is 0. The second-order valence-corrected chi connectivity index (χ2v) is 7.49. The van der Waals surface area contributed by atoms with Crippen LogP contribution in [0.5, 0.6) is 0 Å². The summed E-state index contributed by atoms with van der Waals surface area (Å²) in [5.41, 5.74) is -0.569. The average Bonchev–Trinajstić information content (AvgIpc) is 2.91. The van der Waals surface area contributed by atoms with E-state index in [1.165, 1.54) is 0 Å². The van der Waals surface area contributed by atoms with Crippen LogP contribution in [0, 0.1) is 0 Å². The molecule has 2 fully saturated rings. The molecule has 3 rings (SSSR count). The lowest BCUT2D eigenvalue weighted by atomic mass is 9.86. The Hall–Kier alpha value is -2.71. The number of nitrogens with one attached hydrogen (secondary N) is 1. The number of aliphatic carboxylic acids is 1. The second kappa shape index (κ2) is 8.99. The predicted octanol–water partition coefficient (Wildman–Crippen LogP) is 0.809. The molecular formula is C19H27N5O4. The molecule has 3 heterocycles.